The molecule has 2 amide bonds. The van der Waals surface area contributed by atoms with Gasteiger partial charge in [-0.3, -0.25) is 14.5 Å². The van der Waals surface area contributed by atoms with Crippen LogP contribution in [0, 0.1) is 12.8 Å². The lowest BCUT2D eigenvalue weighted by Crippen LogP contribution is -2.42. The van der Waals surface area contributed by atoms with Crippen molar-refractivity contribution in [1.29, 1.82) is 0 Å². The summed E-state index contributed by atoms with van der Waals surface area (Å²) in [4.78, 5) is 33.8. The minimum atomic E-state index is -0.135. The molecule has 0 unspecified atom stereocenters. The summed E-state index contributed by atoms with van der Waals surface area (Å²) in [6, 6.07) is 1.84. The van der Waals surface area contributed by atoms with E-state index in [-0.39, 0.29) is 24.3 Å². The van der Waals surface area contributed by atoms with Crippen molar-refractivity contribution < 1.29 is 9.59 Å². The van der Waals surface area contributed by atoms with E-state index in [4.69, 9.17) is 0 Å². The molecule has 0 saturated carbocycles. The second-order valence-electron chi connectivity index (χ2n) is 5.23. The highest BCUT2D eigenvalue weighted by Crippen LogP contribution is 2.20. The van der Waals surface area contributed by atoms with Crippen molar-refractivity contribution in [3.63, 3.8) is 0 Å². The van der Waals surface area contributed by atoms with Crippen LogP contribution in [0.15, 0.2) is 6.07 Å². The number of nitrogens with zero attached hydrogens (tertiary/aromatic N) is 3. The molecule has 0 bridgehead atoms. The molecule has 108 valence electrons. The number of aromatic nitrogens is 2. The molecular formula is C14H20N4O2. The molecule has 20 heavy (non-hydrogen) atoms. The van der Waals surface area contributed by atoms with Crippen molar-refractivity contribution in [1.82, 2.24) is 14.9 Å². The standard InChI is InChI=1S/C14H20N4O2/c1-4-15-11-7-10(3)16-12(17-11)8-18-13(19)5-9(2)6-14(18)20/h7,9H,4-6,8H2,1-3H3,(H,15,16,17). The maximum atomic E-state index is 11.9. The maximum Gasteiger partial charge on any atom is 0.229 e. The summed E-state index contributed by atoms with van der Waals surface area (Å²) in [6.45, 7) is 6.68. The molecule has 1 saturated heterocycles. The molecule has 1 aliphatic heterocycles. The fraction of sp³-hybridized carbons (Fsp3) is 0.571. The topological polar surface area (TPSA) is 75.2 Å². The molecule has 6 heteroatoms. The van der Waals surface area contributed by atoms with Gasteiger partial charge in [0.05, 0.1) is 6.54 Å². The van der Waals surface area contributed by atoms with Gasteiger partial charge in [-0.05, 0) is 19.8 Å². The number of amides is 2. The number of carbonyl (C=O) groups excluding carboxylic acids is 2. The Morgan fingerprint density at radius 1 is 1.30 bits per heavy atom. The van der Waals surface area contributed by atoms with Gasteiger partial charge in [-0.25, -0.2) is 9.97 Å². The van der Waals surface area contributed by atoms with Gasteiger partial charge in [-0.2, -0.15) is 0 Å². The van der Waals surface area contributed by atoms with Gasteiger partial charge in [0.25, 0.3) is 0 Å². The number of aryl methyl sites for hydroxylation is 1. The number of piperidine rings is 1. The minimum Gasteiger partial charge on any atom is -0.370 e. The fourth-order valence-electron chi connectivity index (χ4n) is 2.32. The summed E-state index contributed by atoms with van der Waals surface area (Å²) < 4.78 is 0. The van der Waals surface area contributed by atoms with E-state index in [1.165, 1.54) is 4.90 Å². The number of hydrogen-bond acceptors (Lipinski definition) is 5. The van der Waals surface area contributed by atoms with Crippen LogP contribution in [0.1, 0.15) is 38.2 Å². The second kappa shape index (κ2) is 5.98. The predicted molar refractivity (Wildman–Crippen MR) is 74.9 cm³/mol. The van der Waals surface area contributed by atoms with E-state index in [0.717, 1.165) is 18.1 Å². The quantitative estimate of drug-likeness (QED) is 0.843. The smallest absolute Gasteiger partial charge is 0.229 e. The van der Waals surface area contributed by atoms with Crippen molar-refractivity contribution in [2.45, 2.75) is 40.2 Å². The van der Waals surface area contributed by atoms with Crippen LogP contribution >= 0.6 is 0 Å². The summed E-state index contributed by atoms with van der Waals surface area (Å²) in [5.74, 6) is 1.08. The molecule has 2 rings (SSSR count). The fourth-order valence-corrected chi connectivity index (χ4v) is 2.32. The Hall–Kier alpha value is -1.98. The lowest BCUT2D eigenvalue weighted by molar-refractivity contribution is -0.150. The van der Waals surface area contributed by atoms with Crippen LogP contribution in [0.25, 0.3) is 0 Å². The number of imide groups is 1. The Morgan fingerprint density at radius 3 is 2.55 bits per heavy atom. The molecule has 1 N–H and O–H groups in total. The average molecular weight is 276 g/mol. The van der Waals surface area contributed by atoms with Gasteiger partial charge in [0.15, 0.2) is 5.82 Å². The van der Waals surface area contributed by atoms with E-state index in [2.05, 4.69) is 15.3 Å². The molecule has 1 aliphatic rings. The SMILES string of the molecule is CCNc1cc(C)nc(CN2C(=O)CC(C)CC2=O)n1. The third kappa shape index (κ3) is 3.31. The Balaban J connectivity index is 2.16. The van der Waals surface area contributed by atoms with Crippen LogP contribution in [0.3, 0.4) is 0 Å². The Bertz CT molecular complexity index is 512. The van der Waals surface area contributed by atoms with E-state index in [1.807, 2.05) is 26.8 Å². The van der Waals surface area contributed by atoms with Crippen LogP contribution in [0.2, 0.25) is 0 Å². The molecule has 0 radical (unpaired) electrons. The number of hydrogen-bond donors (Lipinski definition) is 1. The van der Waals surface area contributed by atoms with Gasteiger partial charge in [0, 0.05) is 31.1 Å². The lowest BCUT2D eigenvalue weighted by Gasteiger charge is -2.27. The first kappa shape index (κ1) is 14.4. The first-order valence-corrected chi connectivity index (χ1v) is 6.91. The van der Waals surface area contributed by atoms with Gasteiger partial charge in [0.1, 0.15) is 5.82 Å². The maximum absolute atomic E-state index is 11.9. The number of nitrogens with one attached hydrogen (secondary N) is 1. The van der Waals surface area contributed by atoms with Gasteiger partial charge >= 0.3 is 0 Å². The van der Waals surface area contributed by atoms with E-state index in [1.54, 1.807) is 0 Å². The van der Waals surface area contributed by atoms with E-state index < -0.39 is 0 Å². The monoisotopic (exact) mass is 276 g/mol. The van der Waals surface area contributed by atoms with E-state index in [9.17, 15) is 9.59 Å². The highest BCUT2D eigenvalue weighted by molar-refractivity contribution is 5.97. The Morgan fingerprint density at radius 2 is 1.95 bits per heavy atom. The van der Waals surface area contributed by atoms with Crippen molar-refractivity contribution in [3.05, 3.63) is 17.6 Å². The summed E-state index contributed by atoms with van der Waals surface area (Å²) in [7, 11) is 0. The summed E-state index contributed by atoms with van der Waals surface area (Å²) in [5, 5.41) is 3.12. The van der Waals surface area contributed by atoms with Crippen molar-refractivity contribution in [3.8, 4) is 0 Å². The van der Waals surface area contributed by atoms with Crippen LogP contribution in [-0.2, 0) is 16.1 Å². The van der Waals surface area contributed by atoms with Crippen molar-refractivity contribution in [2.75, 3.05) is 11.9 Å². The van der Waals surface area contributed by atoms with Crippen LogP contribution in [-0.4, -0.2) is 33.2 Å². The molecule has 2 heterocycles. The van der Waals surface area contributed by atoms with Crippen molar-refractivity contribution >= 4 is 17.6 Å². The molecule has 0 aromatic carbocycles. The van der Waals surface area contributed by atoms with Gasteiger partial charge in [-0.15, -0.1) is 0 Å². The molecule has 1 aromatic rings. The lowest BCUT2D eigenvalue weighted by atomic mass is 9.98. The molecular weight excluding hydrogens is 256 g/mol. The molecule has 0 aliphatic carbocycles. The largest absolute Gasteiger partial charge is 0.370 e. The first-order chi connectivity index (χ1) is 9.49. The van der Waals surface area contributed by atoms with Crippen LogP contribution < -0.4 is 5.32 Å². The van der Waals surface area contributed by atoms with E-state index >= 15 is 0 Å². The molecule has 0 spiro atoms. The third-order valence-corrected chi connectivity index (χ3v) is 3.21. The highest BCUT2D eigenvalue weighted by Gasteiger charge is 2.30. The molecule has 1 aromatic heterocycles. The van der Waals surface area contributed by atoms with Gasteiger partial charge in [-0.1, -0.05) is 6.92 Å². The Labute approximate surface area is 118 Å². The minimum absolute atomic E-state index is 0.127. The Kier molecular flexibility index (Phi) is 4.32. The zero-order chi connectivity index (χ0) is 14.7. The number of anilines is 1. The third-order valence-electron chi connectivity index (χ3n) is 3.21. The van der Waals surface area contributed by atoms with Crippen molar-refractivity contribution in [2.24, 2.45) is 5.92 Å². The number of rotatable bonds is 4. The predicted octanol–water partition coefficient (Wildman–Crippen LogP) is 1.50. The first-order valence-electron chi connectivity index (χ1n) is 6.91. The summed E-state index contributed by atoms with van der Waals surface area (Å²) in [6.07, 6.45) is 0.829. The molecule has 6 nitrogen and oxygen atoms in total. The van der Waals surface area contributed by atoms with Gasteiger partial charge < -0.3 is 5.32 Å². The number of likely N-dealkylation sites (tertiary alicyclic amines) is 1. The number of carbonyl (C=O) groups is 2. The zero-order valence-corrected chi connectivity index (χ0v) is 12.1. The summed E-state index contributed by atoms with van der Waals surface area (Å²) >= 11 is 0. The normalized spacial score (nSPS) is 16.6. The van der Waals surface area contributed by atoms with Crippen LogP contribution in [0.4, 0.5) is 5.82 Å². The second-order valence-corrected chi connectivity index (χ2v) is 5.23. The van der Waals surface area contributed by atoms with E-state index in [0.29, 0.717) is 18.7 Å². The molecule has 1 fully saturated rings. The summed E-state index contributed by atoms with van der Waals surface area (Å²) in [5.41, 5.74) is 0.816. The average Bonchev–Trinajstić information content (AvgIpc) is 2.33. The molecule has 0 atom stereocenters. The zero-order valence-electron chi connectivity index (χ0n) is 12.1. The van der Waals surface area contributed by atoms with Gasteiger partial charge in [0.2, 0.25) is 11.8 Å². The highest BCUT2D eigenvalue weighted by atomic mass is 16.2. The van der Waals surface area contributed by atoms with Crippen LogP contribution in [0.5, 0.6) is 0 Å².